The standard InChI is InChI=1S/C15H25N5O2/c1-5-10(16)9-20-11(6-2)17-13-12(20)14(21)19(8-4)15(22)18(13)7-3/h10H,5-9,16H2,1-4H3. The Hall–Kier alpha value is -1.89. The zero-order chi connectivity index (χ0) is 16.4. The molecule has 2 rings (SSSR count). The molecule has 0 aliphatic heterocycles. The highest BCUT2D eigenvalue weighted by Gasteiger charge is 2.20. The van der Waals surface area contributed by atoms with E-state index in [1.165, 1.54) is 4.57 Å². The monoisotopic (exact) mass is 307 g/mol. The van der Waals surface area contributed by atoms with Gasteiger partial charge in [0.2, 0.25) is 0 Å². The second-order valence-electron chi connectivity index (χ2n) is 5.41. The summed E-state index contributed by atoms with van der Waals surface area (Å²) >= 11 is 0. The topological polar surface area (TPSA) is 87.8 Å². The zero-order valence-electron chi connectivity index (χ0n) is 13.8. The number of hydrogen-bond acceptors (Lipinski definition) is 4. The quantitative estimate of drug-likeness (QED) is 0.851. The van der Waals surface area contributed by atoms with Crippen LogP contribution in [0.5, 0.6) is 0 Å². The van der Waals surface area contributed by atoms with Crippen LogP contribution in [0.1, 0.15) is 39.9 Å². The van der Waals surface area contributed by atoms with E-state index in [0.717, 1.165) is 12.2 Å². The van der Waals surface area contributed by atoms with Crippen LogP contribution in [-0.2, 0) is 26.1 Å². The Balaban J connectivity index is 2.90. The van der Waals surface area contributed by atoms with Crippen molar-refractivity contribution in [3.8, 4) is 0 Å². The molecular formula is C15H25N5O2. The predicted octanol–water partition coefficient (Wildman–Crippen LogP) is 0.699. The number of nitrogens with zero attached hydrogens (tertiary/aromatic N) is 4. The lowest BCUT2D eigenvalue weighted by Gasteiger charge is -2.14. The second kappa shape index (κ2) is 6.48. The van der Waals surface area contributed by atoms with Gasteiger partial charge in [0, 0.05) is 32.1 Å². The summed E-state index contributed by atoms with van der Waals surface area (Å²) in [5.74, 6) is 0.798. The van der Waals surface area contributed by atoms with Gasteiger partial charge in [-0.25, -0.2) is 9.78 Å². The largest absolute Gasteiger partial charge is 0.332 e. The molecule has 2 aromatic heterocycles. The highest BCUT2D eigenvalue weighted by atomic mass is 16.2. The van der Waals surface area contributed by atoms with Crippen molar-refractivity contribution in [1.29, 1.82) is 0 Å². The lowest BCUT2D eigenvalue weighted by Crippen LogP contribution is -2.40. The molecule has 0 saturated carbocycles. The van der Waals surface area contributed by atoms with Crippen molar-refractivity contribution < 1.29 is 0 Å². The predicted molar refractivity (Wildman–Crippen MR) is 87.2 cm³/mol. The van der Waals surface area contributed by atoms with E-state index in [9.17, 15) is 9.59 Å². The third kappa shape index (κ3) is 2.49. The maximum Gasteiger partial charge on any atom is 0.332 e. The Labute approximate surface area is 129 Å². The molecule has 2 N–H and O–H groups in total. The summed E-state index contributed by atoms with van der Waals surface area (Å²) in [4.78, 5) is 29.7. The van der Waals surface area contributed by atoms with Crippen LogP contribution >= 0.6 is 0 Å². The smallest absolute Gasteiger partial charge is 0.326 e. The van der Waals surface area contributed by atoms with Crippen LogP contribution in [0.15, 0.2) is 9.59 Å². The van der Waals surface area contributed by atoms with Gasteiger partial charge in [-0.05, 0) is 20.3 Å². The lowest BCUT2D eigenvalue weighted by atomic mass is 10.2. The number of imidazole rings is 1. The molecule has 0 aliphatic carbocycles. The number of hydrogen-bond donors (Lipinski definition) is 1. The van der Waals surface area contributed by atoms with E-state index in [2.05, 4.69) is 4.98 Å². The first-order chi connectivity index (χ1) is 10.5. The van der Waals surface area contributed by atoms with E-state index in [1.54, 1.807) is 11.5 Å². The van der Waals surface area contributed by atoms with Gasteiger partial charge in [-0.1, -0.05) is 13.8 Å². The molecule has 1 atom stereocenters. The molecule has 0 fully saturated rings. The summed E-state index contributed by atoms with van der Waals surface area (Å²) in [5.41, 5.74) is 6.47. The summed E-state index contributed by atoms with van der Waals surface area (Å²) in [7, 11) is 0. The summed E-state index contributed by atoms with van der Waals surface area (Å²) in [6.45, 7) is 9.05. The highest BCUT2D eigenvalue weighted by Crippen LogP contribution is 2.13. The minimum Gasteiger partial charge on any atom is -0.326 e. The molecule has 22 heavy (non-hydrogen) atoms. The van der Waals surface area contributed by atoms with Gasteiger partial charge in [0.05, 0.1) is 0 Å². The number of rotatable bonds is 6. The second-order valence-corrected chi connectivity index (χ2v) is 5.41. The van der Waals surface area contributed by atoms with Crippen LogP contribution in [0, 0.1) is 0 Å². The summed E-state index contributed by atoms with van der Waals surface area (Å²) < 4.78 is 4.72. The van der Waals surface area contributed by atoms with E-state index in [1.807, 2.05) is 25.3 Å². The van der Waals surface area contributed by atoms with Gasteiger partial charge in [-0.15, -0.1) is 0 Å². The maximum atomic E-state index is 12.7. The Bertz CT molecular complexity index is 784. The van der Waals surface area contributed by atoms with Crippen molar-refractivity contribution in [2.24, 2.45) is 5.73 Å². The van der Waals surface area contributed by atoms with Crippen molar-refractivity contribution >= 4 is 11.2 Å². The number of fused-ring (bicyclic) bond motifs is 1. The summed E-state index contributed by atoms with van der Waals surface area (Å²) in [6, 6.07) is -0.0424. The number of nitrogens with two attached hydrogens (primary N) is 1. The molecule has 0 spiro atoms. The van der Waals surface area contributed by atoms with Crippen molar-refractivity contribution in [3.05, 3.63) is 26.7 Å². The van der Waals surface area contributed by atoms with Crippen molar-refractivity contribution in [3.63, 3.8) is 0 Å². The molecule has 0 aromatic carbocycles. The third-order valence-electron chi connectivity index (χ3n) is 4.08. The van der Waals surface area contributed by atoms with E-state index in [-0.39, 0.29) is 17.3 Å². The van der Waals surface area contributed by atoms with E-state index in [0.29, 0.717) is 37.2 Å². The minimum atomic E-state index is -0.297. The van der Waals surface area contributed by atoms with Gasteiger partial charge >= 0.3 is 5.69 Å². The molecule has 122 valence electrons. The minimum absolute atomic E-state index is 0.0424. The first kappa shape index (κ1) is 16.5. The van der Waals surface area contributed by atoms with Gasteiger partial charge in [-0.3, -0.25) is 13.9 Å². The molecule has 2 aromatic rings. The maximum absolute atomic E-state index is 12.7. The molecule has 0 saturated heterocycles. The number of aryl methyl sites for hydroxylation is 2. The molecule has 0 radical (unpaired) electrons. The molecule has 0 aliphatic rings. The van der Waals surface area contributed by atoms with Gasteiger partial charge in [0.1, 0.15) is 5.82 Å². The molecular weight excluding hydrogens is 282 g/mol. The molecule has 7 heteroatoms. The molecule has 1 unspecified atom stereocenters. The molecule has 7 nitrogen and oxygen atoms in total. The van der Waals surface area contributed by atoms with Gasteiger partial charge in [0.15, 0.2) is 11.2 Å². The Kier molecular flexibility index (Phi) is 4.85. The Morgan fingerprint density at radius 2 is 1.68 bits per heavy atom. The Morgan fingerprint density at radius 3 is 2.18 bits per heavy atom. The normalized spacial score (nSPS) is 13.0. The summed E-state index contributed by atoms with van der Waals surface area (Å²) in [5, 5.41) is 0. The fourth-order valence-corrected chi connectivity index (χ4v) is 2.73. The van der Waals surface area contributed by atoms with Crippen LogP contribution in [0.3, 0.4) is 0 Å². The molecule has 0 amide bonds. The fourth-order valence-electron chi connectivity index (χ4n) is 2.73. The Morgan fingerprint density at radius 1 is 1.05 bits per heavy atom. The van der Waals surface area contributed by atoms with Crippen molar-refractivity contribution in [2.75, 3.05) is 0 Å². The van der Waals surface area contributed by atoms with Crippen LogP contribution in [0.2, 0.25) is 0 Å². The van der Waals surface area contributed by atoms with E-state index < -0.39 is 0 Å². The first-order valence-electron chi connectivity index (χ1n) is 7.98. The fraction of sp³-hybridized carbons (Fsp3) is 0.667. The highest BCUT2D eigenvalue weighted by molar-refractivity contribution is 5.71. The van der Waals surface area contributed by atoms with Crippen LogP contribution in [0.25, 0.3) is 11.2 Å². The SMILES string of the molecule is CCc1nc2c(c(=O)n(CC)c(=O)n2CC)n1CC(N)CC. The molecule has 2 heterocycles. The van der Waals surface area contributed by atoms with Crippen LogP contribution in [-0.4, -0.2) is 24.7 Å². The van der Waals surface area contributed by atoms with E-state index >= 15 is 0 Å². The zero-order valence-corrected chi connectivity index (χ0v) is 13.8. The van der Waals surface area contributed by atoms with Gasteiger partial charge in [0.25, 0.3) is 5.56 Å². The van der Waals surface area contributed by atoms with Crippen LogP contribution < -0.4 is 17.0 Å². The van der Waals surface area contributed by atoms with Gasteiger partial charge in [-0.2, -0.15) is 0 Å². The lowest BCUT2D eigenvalue weighted by molar-refractivity contribution is 0.530. The first-order valence-corrected chi connectivity index (χ1v) is 7.98. The average molecular weight is 307 g/mol. The van der Waals surface area contributed by atoms with Gasteiger partial charge < -0.3 is 10.3 Å². The average Bonchev–Trinajstić information content (AvgIpc) is 2.86. The number of aromatic nitrogens is 4. The van der Waals surface area contributed by atoms with E-state index in [4.69, 9.17) is 5.73 Å². The van der Waals surface area contributed by atoms with Crippen molar-refractivity contribution in [2.45, 2.75) is 66.2 Å². The molecule has 0 bridgehead atoms. The van der Waals surface area contributed by atoms with Crippen LogP contribution in [0.4, 0.5) is 0 Å². The van der Waals surface area contributed by atoms with Crippen molar-refractivity contribution in [1.82, 2.24) is 18.7 Å². The summed E-state index contributed by atoms with van der Waals surface area (Å²) in [6.07, 6.45) is 1.51. The third-order valence-corrected chi connectivity index (χ3v) is 4.08.